The van der Waals surface area contributed by atoms with Crippen LogP contribution in [0.1, 0.15) is 13.3 Å². The van der Waals surface area contributed by atoms with Crippen molar-refractivity contribution in [1.29, 1.82) is 0 Å². The SMILES string of the molecule is CCC(N(C)C)N(c1ccncc1)n1ccc2ccccc21. The molecule has 1 atom stereocenters. The summed E-state index contributed by atoms with van der Waals surface area (Å²) in [6, 6.07) is 14.7. The van der Waals surface area contributed by atoms with E-state index in [9.17, 15) is 0 Å². The van der Waals surface area contributed by atoms with Crippen LogP contribution in [0.15, 0.2) is 61.1 Å². The number of hydrogen-bond acceptors (Lipinski definition) is 3. The highest BCUT2D eigenvalue weighted by Gasteiger charge is 2.22. The minimum atomic E-state index is 0.262. The Bertz CT molecular complexity index is 733. The lowest BCUT2D eigenvalue weighted by Crippen LogP contribution is -2.47. The largest absolute Gasteiger partial charge is 0.288 e. The monoisotopic (exact) mass is 294 g/mol. The van der Waals surface area contributed by atoms with Crippen LogP contribution in [0.4, 0.5) is 5.69 Å². The van der Waals surface area contributed by atoms with E-state index in [1.54, 1.807) is 0 Å². The highest BCUT2D eigenvalue weighted by Crippen LogP contribution is 2.25. The van der Waals surface area contributed by atoms with Gasteiger partial charge in [0.15, 0.2) is 0 Å². The average Bonchev–Trinajstić information content (AvgIpc) is 2.96. The van der Waals surface area contributed by atoms with Crippen molar-refractivity contribution in [3.05, 3.63) is 61.1 Å². The smallest absolute Gasteiger partial charge is 0.102 e. The summed E-state index contributed by atoms with van der Waals surface area (Å²) in [5, 5.41) is 3.57. The Kier molecular flexibility index (Phi) is 4.11. The third-order valence-electron chi connectivity index (χ3n) is 3.98. The minimum Gasteiger partial charge on any atom is -0.288 e. The van der Waals surface area contributed by atoms with Crippen LogP contribution in [-0.4, -0.2) is 34.8 Å². The standard InChI is InChI=1S/C18H22N4/c1-4-18(20(2)3)22(16-9-12-19-13-10-16)21-14-11-15-7-5-6-8-17(15)21/h5-14,18H,4H2,1-3H3. The van der Waals surface area contributed by atoms with Crippen molar-refractivity contribution in [3.63, 3.8) is 0 Å². The van der Waals surface area contributed by atoms with Gasteiger partial charge in [-0.3, -0.25) is 19.6 Å². The third-order valence-corrected chi connectivity index (χ3v) is 3.98. The lowest BCUT2D eigenvalue weighted by atomic mass is 10.2. The van der Waals surface area contributed by atoms with Crippen LogP contribution in [0.3, 0.4) is 0 Å². The molecule has 0 aliphatic carbocycles. The molecule has 0 radical (unpaired) electrons. The maximum atomic E-state index is 4.15. The summed E-state index contributed by atoms with van der Waals surface area (Å²) in [7, 11) is 4.24. The minimum absolute atomic E-state index is 0.262. The van der Waals surface area contributed by atoms with Crippen molar-refractivity contribution in [2.45, 2.75) is 19.5 Å². The quantitative estimate of drug-likeness (QED) is 0.672. The number of hydrogen-bond donors (Lipinski definition) is 0. The van der Waals surface area contributed by atoms with Crippen LogP contribution < -0.4 is 5.01 Å². The predicted octanol–water partition coefficient (Wildman–Crippen LogP) is 3.60. The predicted molar refractivity (Wildman–Crippen MR) is 91.8 cm³/mol. The third kappa shape index (κ3) is 2.57. The van der Waals surface area contributed by atoms with E-state index in [1.165, 1.54) is 10.9 Å². The molecule has 0 fully saturated rings. The number of aromatic nitrogens is 2. The normalized spacial score (nSPS) is 12.7. The molecule has 0 N–H and O–H groups in total. The molecule has 114 valence electrons. The Hall–Kier alpha value is -2.33. The summed E-state index contributed by atoms with van der Waals surface area (Å²) >= 11 is 0. The van der Waals surface area contributed by atoms with E-state index in [4.69, 9.17) is 0 Å². The first-order valence-corrected chi connectivity index (χ1v) is 7.64. The number of pyridine rings is 1. The zero-order valence-electron chi connectivity index (χ0n) is 13.3. The lowest BCUT2D eigenvalue weighted by molar-refractivity contribution is 0.262. The van der Waals surface area contributed by atoms with Gasteiger partial charge in [-0.1, -0.05) is 25.1 Å². The number of fused-ring (bicyclic) bond motifs is 1. The topological polar surface area (TPSA) is 24.3 Å². The van der Waals surface area contributed by atoms with Crippen molar-refractivity contribution in [2.75, 3.05) is 19.1 Å². The van der Waals surface area contributed by atoms with Gasteiger partial charge in [0.25, 0.3) is 0 Å². The molecular weight excluding hydrogens is 272 g/mol. The molecule has 0 spiro atoms. The fourth-order valence-electron chi connectivity index (χ4n) is 2.95. The Labute approximate surface area is 131 Å². The molecule has 0 saturated carbocycles. The summed E-state index contributed by atoms with van der Waals surface area (Å²) in [6.45, 7) is 2.21. The molecule has 1 aromatic carbocycles. The van der Waals surface area contributed by atoms with Gasteiger partial charge in [0, 0.05) is 24.0 Å². The van der Waals surface area contributed by atoms with E-state index in [1.807, 2.05) is 12.4 Å². The number of nitrogens with zero attached hydrogens (tertiary/aromatic N) is 4. The highest BCUT2D eigenvalue weighted by atomic mass is 15.6. The van der Waals surface area contributed by atoms with Crippen molar-refractivity contribution >= 4 is 16.6 Å². The molecule has 0 aliphatic heterocycles. The second-order valence-electron chi connectivity index (χ2n) is 5.62. The van der Waals surface area contributed by atoms with Gasteiger partial charge in [0.05, 0.1) is 11.2 Å². The van der Waals surface area contributed by atoms with Gasteiger partial charge in [-0.25, -0.2) is 0 Å². The summed E-state index contributed by atoms with van der Waals surface area (Å²) in [5.41, 5.74) is 2.34. The molecule has 4 heteroatoms. The van der Waals surface area contributed by atoms with Crippen LogP contribution in [-0.2, 0) is 0 Å². The van der Waals surface area contributed by atoms with Gasteiger partial charge in [-0.05, 0) is 44.8 Å². The molecule has 3 aromatic rings. The van der Waals surface area contributed by atoms with E-state index in [2.05, 4.69) is 89.2 Å². The van der Waals surface area contributed by atoms with E-state index >= 15 is 0 Å². The molecular formula is C18H22N4. The highest BCUT2D eigenvalue weighted by molar-refractivity contribution is 5.81. The fraction of sp³-hybridized carbons (Fsp3) is 0.278. The average molecular weight is 294 g/mol. The zero-order chi connectivity index (χ0) is 15.5. The summed E-state index contributed by atoms with van der Waals surface area (Å²) in [4.78, 5) is 6.40. The molecule has 0 aliphatic rings. The number of anilines is 1. The molecule has 0 amide bonds. The summed E-state index contributed by atoms with van der Waals surface area (Å²) in [6.07, 6.45) is 7.10. The number of rotatable bonds is 5. The van der Waals surface area contributed by atoms with Crippen LogP contribution in [0.5, 0.6) is 0 Å². The molecule has 1 unspecified atom stereocenters. The van der Waals surface area contributed by atoms with Crippen LogP contribution in [0.25, 0.3) is 10.9 Å². The van der Waals surface area contributed by atoms with Crippen molar-refractivity contribution in [1.82, 2.24) is 14.6 Å². The Morgan fingerprint density at radius 1 is 1.05 bits per heavy atom. The molecule has 4 nitrogen and oxygen atoms in total. The lowest BCUT2D eigenvalue weighted by Gasteiger charge is -2.38. The number of benzene rings is 1. The van der Waals surface area contributed by atoms with E-state index in [0.717, 1.165) is 12.1 Å². The van der Waals surface area contributed by atoms with Crippen LogP contribution >= 0.6 is 0 Å². The number of para-hydroxylation sites is 1. The molecule has 22 heavy (non-hydrogen) atoms. The van der Waals surface area contributed by atoms with Crippen molar-refractivity contribution < 1.29 is 0 Å². The van der Waals surface area contributed by atoms with Gasteiger partial charge in [0.1, 0.15) is 6.17 Å². The van der Waals surface area contributed by atoms with Gasteiger partial charge in [-0.15, -0.1) is 0 Å². The molecule has 2 aromatic heterocycles. The van der Waals surface area contributed by atoms with Gasteiger partial charge in [0.2, 0.25) is 0 Å². The molecule has 2 heterocycles. The zero-order valence-corrected chi connectivity index (χ0v) is 13.3. The molecule has 3 rings (SSSR count). The first kappa shape index (κ1) is 14.6. The van der Waals surface area contributed by atoms with E-state index < -0.39 is 0 Å². The Morgan fingerprint density at radius 3 is 2.45 bits per heavy atom. The second kappa shape index (κ2) is 6.20. The summed E-state index contributed by atoms with van der Waals surface area (Å²) in [5.74, 6) is 0. The fourth-order valence-corrected chi connectivity index (χ4v) is 2.95. The first-order valence-electron chi connectivity index (χ1n) is 7.64. The second-order valence-corrected chi connectivity index (χ2v) is 5.62. The molecule has 0 saturated heterocycles. The van der Waals surface area contributed by atoms with Crippen LogP contribution in [0, 0.1) is 0 Å². The Morgan fingerprint density at radius 2 is 1.77 bits per heavy atom. The molecule has 0 bridgehead atoms. The van der Waals surface area contributed by atoms with Crippen molar-refractivity contribution in [2.24, 2.45) is 0 Å². The maximum Gasteiger partial charge on any atom is 0.102 e. The van der Waals surface area contributed by atoms with Gasteiger partial charge in [-0.2, -0.15) is 0 Å². The van der Waals surface area contributed by atoms with Gasteiger partial charge < -0.3 is 0 Å². The Balaban J connectivity index is 2.17. The van der Waals surface area contributed by atoms with Gasteiger partial charge >= 0.3 is 0 Å². The van der Waals surface area contributed by atoms with E-state index in [0.29, 0.717) is 0 Å². The van der Waals surface area contributed by atoms with Crippen molar-refractivity contribution in [3.8, 4) is 0 Å². The summed E-state index contributed by atoms with van der Waals surface area (Å²) < 4.78 is 2.23. The maximum absolute atomic E-state index is 4.15. The first-order chi connectivity index (χ1) is 10.7. The van der Waals surface area contributed by atoms with E-state index in [-0.39, 0.29) is 6.17 Å². The van der Waals surface area contributed by atoms with Crippen LogP contribution in [0.2, 0.25) is 0 Å².